The van der Waals surface area contributed by atoms with Crippen LogP contribution >= 0.6 is 0 Å². The van der Waals surface area contributed by atoms with Crippen molar-refractivity contribution in [2.45, 2.75) is 32.1 Å². The van der Waals surface area contributed by atoms with Crippen molar-refractivity contribution < 1.29 is 0 Å². The van der Waals surface area contributed by atoms with Crippen molar-refractivity contribution in [1.29, 1.82) is 0 Å². The van der Waals surface area contributed by atoms with Gasteiger partial charge in [0.25, 0.3) is 5.56 Å². The van der Waals surface area contributed by atoms with E-state index < -0.39 is 0 Å². The zero-order valence-corrected chi connectivity index (χ0v) is 18.5. The number of nitrogen functional groups attached to an aromatic ring is 1. The van der Waals surface area contributed by atoms with E-state index in [0.717, 1.165) is 11.1 Å². The summed E-state index contributed by atoms with van der Waals surface area (Å²) in [6.07, 6.45) is 1.19. The van der Waals surface area contributed by atoms with Crippen molar-refractivity contribution >= 4 is 17.2 Å². The van der Waals surface area contributed by atoms with Crippen LogP contribution in [0.25, 0.3) is 0 Å². The van der Waals surface area contributed by atoms with E-state index in [4.69, 9.17) is 5.73 Å². The highest BCUT2D eigenvalue weighted by Crippen LogP contribution is 2.26. The number of nitrogens with two attached hydrogens (primary N) is 1. The summed E-state index contributed by atoms with van der Waals surface area (Å²) in [6, 6.07) is 17.7. The van der Waals surface area contributed by atoms with Crippen LogP contribution in [0.2, 0.25) is 0 Å². The normalized spacial score (nSPS) is 14.8. The zero-order valence-electron chi connectivity index (χ0n) is 18.5. The fraction of sp³-hybridized carbons (Fsp3) is 0.333. The van der Waals surface area contributed by atoms with Crippen molar-refractivity contribution in [3.8, 4) is 0 Å². The van der Waals surface area contributed by atoms with E-state index in [1.807, 2.05) is 61.5 Å². The molecule has 1 unspecified atom stereocenters. The molecule has 0 spiro atoms. The lowest BCUT2D eigenvalue weighted by atomic mass is 10.1. The first-order chi connectivity index (χ1) is 15.4. The molecule has 32 heavy (non-hydrogen) atoms. The van der Waals surface area contributed by atoms with E-state index in [0.29, 0.717) is 49.7 Å². The topological polar surface area (TPSA) is 97.3 Å². The summed E-state index contributed by atoms with van der Waals surface area (Å²) in [4.78, 5) is 28.5. The molecular weight excluding hydrogens is 404 g/mol. The summed E-state index contributed by atoms with van der Waals surface area (Å²) >= 11 is 0. The monoisotopic (exact) mass is 434 g/mol. The van der Waals surface area contributed by atoms with Crippen molar-refractivity contribution in [3.63, 3.8) is 0 Å². The average molecular weight is 435 g/mol. The maximum atomic E-state index is 13.3. The Balaban J connectivity index is 1.66. The Hall–Kier alpha value is -3.52. The quantitative estimate of drug-likeness (QED) is 0.468. The molecule has 0 amide bonds. The molecule has 0 radical (unpaired) electrons. The molecule has 1 aliphatic heterocycles. The van der Waals surface area contributed by atoms with Crippen molar-refractivity contribution in [3.05, 3.63) is 86.6 Å². The molecule has 1 atom stereocenters. The van der Waals surface area contributed by atoms with Gasteiger partial charge in [-0.2, -0.15) is 0 Å². The van der Waals surface area contributed by atoms with Crippen LogP contribution in [0.3, 0.4) is 0 Å². The molecule has 1 aromatic heterocycles. The fourth-order valence-electron chi connectivity index (χ4n) is 3.94. The smallest absolute Gasteiger partial charge is 0.332 e. The van der Waals surface area contributed by atoms with Crippen LogP contribution in [-0.2, 0) is 25.9 Å². The fourth-order valence-corrected chi connectivity index (χ4v) is 3.94. The third kappa shape index (κ3) is 4.70. The number of likely N-dealkylation sites (N-methyl/N-ethyl adjacent to an activating group) is 1. The zero-order chi connectivity index (χ0) is 22.7. The minimum absolute atomic E-state index is 0.160. The second-order valence-electron chi connectivity index (χ2n) is 8.44. The van der Waals surface area contributed by atoms with E-state index >= 15 is 0 Å². The maximum absolute atomic E-state index is 13.3. The summed E-state index contributed by atoms with van der Waals surface area (Å²) in [5.74, 6) is 0.567. The van der Waals surface area contributed by atoms with E-state index in [-0.39, 0.29) is 17.4 Å². The Morgan fingerprint density at radius 2 is 1.62 bits per heavy atom. The summed E-state index contributed by atoms with van der Waals surface area (Å²) in [5.41, 5.74) is 8.61. The van der Waals surface area contributed by atoms with Crippen LogP contribution in [0.4, 0.5) is 17.2 Å². The molecule has 4 rings (SSSR count). The number of aryl methyl sites for hydroxylation is 1. The summed E-state index contributed by atoms with van der Waals surface area (Å²) in [6.45, 7) is 1.40. The molecule has 4 N–H and O–H groups in total. The van der Waals surface area contributed by atoms with Gasteiger partial charge in [0.1, 0.15) is 17.7 Å². The number of benzene rings is 2. The van der Waals surface area contributed by atoms with Crippen LogP contribution < -0.4 is 27.6 Å². The minimum Gasteiger partial charge on any atom is -0.399 e. The van der Waals surface area contributed by atoms with Crippen molar-refractivity contribution in [2.75, 3.05) is 37.0 Å². The highest BCUT2D eigenvalue weighted by molar-refractivity contribution is 5.70. The molecule has 0 saturated heterocycles. The maximum Gasteiger partial charge on any atom is 0.332 e. The standard InChI is InChI=1S/C24H30N6O2/c1-28(2)14-15-30-23(31)21-22(27-20(26-21)16-18-6-4-3-5-7-18)29(24(30)32)13-12-17-8-10-19(25)11-9-17/h3-11,20,26-27H,12-16,25H2,1-2H3. The van der Waals surface area contributed by atoms with Gasteiger partial charge in [0.2, 0.25) is 0 Å². The molecule has 8 heteroatoms. The molecular formula is C24H30N6O2. The Morgan fingerprint density at radius 3 is 2.31 bits per heavy atom. The highest BCUT2D eigenvalue weighted by Gasteiger charge is 2.28. The SMILES string of the molecule is CN(C)CCn1c(=O)c2c(n(CCc3ccc(N)cc3)c1=O)NC(Cc1ccccc1)N2. The predicted octanol–water partition coefficient (Wildman–Crippen LogP) is 1.80. The van der Waals surface area contributed by atoms with Gasteiger partial charge in [0, 0.05) is 31.7 Å². The molecule has 0 aliphatic carbocycles. The second-order valence-corrected chi connectivity index (χ2v) is 8.44. The molecule has 0 saturated carbocycles. The van der Waals surface area contributed by atoms with Gasteiger partial charge < -0.3 is 21.3 Å². The van der Waals surface area contributed by atoms with Crippen LogP contribution in [-0.4, -0.2) is 40.8 Å². The minimum atomic E-state index is -0.291. The predicted molar refractivity (Wildman–Crippen MR) is 129 cm³/mol. The summed E-state index contributed by atoms with van der Waals surface area (Å²) in [7, 11) is 3.85. The van der Waals surface area contributed by atoms with Gasteiger partial charge in [0.15, 0.2) is 0 Å². The van der Waals surface area contributed by atoms with Crippen molar-refractivity contribution in [2.24, 2.45) is 0 Å². The number of fused-ring (bicyclic) bond motifs is 1. The van der Waals surface area contributed by atoms with Crippen molar-refractivity contribution in [1.82, 2.24) is 14.0 Å². The largest absolute Gasteiger partial charge is 0.399 e. The van der Waals surface area contributed by atoms with Gasteiger partial charge >= 0.3 is 5.69 Å². The third-order valence-corrected chi connectivity index (χ3v) is 5.71. The van der Waals surface area contributed by atoms with Gasteiger partial charge in [-0.1, -0.05) is 42.5 Å². The number of rotatable bonds is 8. The molecule has 0 bridgehead atoms. The lowest BCUT2D eigenvalue weighted by molar-refractivity contribution is 0.373. The molecule has 8 nitrogen and oxygen atoms in total. The number of anilines is 3. The molecule has 2 heterocycles. The van der Waals surface area contributed by atoms with Crippen LogP contribution in [0.5, 0.6) is 0 Å². The first-order valence-electron chi connectivity index (χ1n) is 10.9. The number of hydrogen-bond acceptors (Lipinski definition) is 6. The first kappa shape index (κ1) is 21.7. The summed E-state index contributed by atoms with van der Waals surface area (Å²) in [5, 5.41) is 6.70. The number of nitrogens with one attached hydrogen (secondary N) is 2. The number of aromatic nitrogens is 2. The lowest BCUT2D eigenvalue weighted by Crippen LogP contribution is -2.42. The lowest BCUT2D eigenvalue weighted by Gasteiger charge is -2.16. The van der Waals surface area contributed by atoms with Gasteiger partial charge in [-0.25, -0.2) is 4.79 Å². The van der Waals surface area contributed by atoms with Gasteiger partial charge in [-0.3, -0.25) is 13.9 Å². The Kier molecular flexibility index (Phi) is 6.32. The van der Waals surface area contributed by atoms with Crippen LogP contribution in [0.15, 0.2) is 64.2 Å². The third-order valence-electron chi connectivity index (χ3n) is 5.71. The van der Waals surface area contributed by atoms with Gasteiger partial charge in [0.05, 0.1) is 0 Å². The Bertz CT molecular complexity index is 1180. The van der Waals surface area contributed by atoms with Crippen LogP contribution in [0.1, 0.15) is 11.1 Å². The highest BCUT2D eigenvalue weighted by atomic mass is 16.2. The van der Waals surface area contributed by atoms with Gasteiger partial charge in [-0.15, -0.1) is 0 Å². The Labute approximate surface area is 187 Å². The number of hydrogen-bond donors (Lipinski definition) is 3. The molecule has 168 valence electrons. The van der Waals surface area contributed by atoms with E-state index in [1.165, 1.54) is 4.57 Å². The first-order valence-corrected chi connectivity index (χ1v) is 10.9. The summed E-state index contributed by atoms with van der Waals surface area (Å²) < 4.78 is 3.02. The van der Waals surface area contributed by atoms with E-state index in [1.54, 1.807) is 4.57 Å². The Morgan fingerprint density at radius 1 is 0.906 bits per heavy atom. The molecule has 2 aromatic carbocycles. The molecule has 3 aromatic rings. The number of nitrogens with zero attached hydrogens (tertiary/aromatic N) is 3. The van der Waals surface area contributed by atoms with E-state index in [2.05, 4.69) is 22.8 Å². The van der Waals surface area contributed by atoms with Crippen LogP contribution in [0, 0.1) is 0 Å². The average Bonchev–Trinajstić information content (AvgIpc) is 3.19. The second kappa shape index (κ2) is 9.32. The molecule has 1 aliphatic rings. The van der Waals surface area contributed by atoms with E-state index in [9.17, 15) is 9.59 Å². The molecule has 0 fully saturated rings. The van der Waals surface area contributed by atoms with Gasteiger partial charge in [-0.05, 0) is 43.8 Å².